The molecule has 0 aromatic heterocycles. The maximum absolute atomic E-state index is 12.2. The third-order valence-electron chi connectivity index (χ3n) is 3.32. The molecule has 2 N–H and O–H groups in total. The van der Waals surface area contributed by atoms with Gasteiger partial charge in [0.2, 0.25) is 15.9 Å². The van der Waals surface area contributed by atoms with Crippen LogP contribution in [0, 0.1) is 0 Å². The zero-order chi connectivity index (χ0) is 15.3. The Hall–Kier alpha value is -1.40. The highest BCUT2D eigenvalue weighted by molar-refractivity contribution is 7.89. The summed E-state index contributed by atoms with van der Waals surface area (Å²) >= 11 is 0. The number of hydrogen-bond donors (Lipinski definition) is 2. The highest BCUT2D eigenvalue weighted by Gasteiger charge is 2.29. The van der Waals surface area contributed by atoms with Crippen LogP contribution in [0.5, 0.6) is 0 Å². The summed E-state index contributed by atoms with van der Waals surface area (Å²) in [6.07, 6.45) is 2.84. The lowest BCUT2D eigenvalue weighted by atomic mass is 10.1. The van der Waals surface area contributed by atoms with E-state index >= 15 is 0 Å². The molecule has 1 aliphatic rings. The van der Waals surface area contributed by atoms with Gasteiger partial charge in [0.05, 0.1) is 5.75 Å². The standard InChI is InChI=1S/C15H22N2O3S/c1-2-10-21(19,20)17-14(15(18)16-13-8-9-13)11-12-6-4-3-5-7-12/h3-7,13-14,17H,2,8-11H2,1H3,(H,16,18). The van der Waals surface area contributed by atoms with Crippen molar-refractivity contribution < 1.29 is 13.2 Å². The third-order valence-corrected chi connectivity index (χ3v) is 4.91. The number of carbonyl (C=O) groups excluding carboxylic acids is 1. The topological polar surface area (TPSA) is 75.3 Å². The van der Waals surface area contributed by atoms with Crippen LogP contribution in [0.4, 0.5) is 0 Å². The maximum Gasteiger partial charge on any atom is 0.238 e. The van der Waals surface area contributed by atoms with Crippen molar-refractivity contribution in [3.05, 3.63) is 35.9 Å². The van der Waals surface area contributed by atoms with Crippen molar-refractivity contribution in [3.63, 3.8) is 0 Å². The molecule has 0 bridgehead atoms. The number of amides is 1. The monoisotopic (exact) mass is 310 g/mol. The van der Waals surface area contributed by atoms with Gasteiger partial charge in [0, 0.05) is 6.04 Å². The molecule has 1 aliphatic carbocycles. The predicted octanol–water partition coefficient (Wildman–Crippen LogP) is 1.21. The average molecular weight is 310 g/mol. The van der Waals surface area contributed by atoms with Crippen molar-refractivity contribution in [1.29, 1.82) is 0 Å². The van der Waals surface area contributed by atoms with E-state index < -0.39 is 16.1 Å². The Bertz CT molecular complexity index is 568. The minimum absolute atomic E-state index is 0.0367. The van der Waals surface area contributed by atoms with Crippen LogP contribution in [0.1, 0.15) is 31.7 Å². The lowest BCUT2D eigenvalue weighted by Gasteiger charge is -2.18. The Balaban J connectivity index is 2.07. The van der Waals surface area contributed by atoms with Crippen molar-refractivity contribution >= 4 is 15.9 Å². The van der Waals surface area contributed by atoms with Crippen LogP contribution in [0.15, 0.2) is 30.3 Å². The molecule has 0 heterocycles. The molecule has 21 heavy (non-hydrogen) atoms. The van der Waals surface area contributed by atoms with Gasteiger partial charge in [-0.1, -0.05) is 37.3 Å². The van der Waals surface area contributed by atoms with Crippen molar-refractivity contribution in [3.8, 4) is 0 Å². The van der Waals surface area contributed by atoms with E-state index in [-0.39, 0.29) is 17.7 Å². The van der Waals surface area contributed by atoms with Crippen molar-refractivity contribution in [1.82, 2.24) is 10.0 Å². The van der Waals surface area contributed by atoms with Gasteiger partial charge < -0.3 is 5.32 Å². The second-order valence-corrected chi connectivity index (χ2v) is 7.34. The molecule has 0 spiro atoms. The van der Waals surface area contributed by atoms with E-state index in [2.05, 4.69) is 10.0 Å². The summed E-state index contributed by atoms with van der Waals surface area (Å²) < 4.78 is 26.4. The van der Waals surface area contributed by atoms with Gasteiger partial charge in [-0.2, -0.15) is 0 Å². The number of hydrogen-bond acceptors (Lipinski definition) is 3. The lowest BCUT2D eigenvalue weighted by molar-refractivity contribution is -0.122. The first-order valence-corrected chi connectivity index (χ1v) is 8.99. The van der Waals surface area contributed by atoms with Gasteiger partial charge in [0.15, 0.2) is 0 Å². The Morgan fingerprint density at radius 2 is 1.95 bits per heavy atom. The van der Waals surface area contributed by atoms with Crippen LogP contribution >= 0.6 is 0 Å². The number of sulfonamides is 1. The lowest BCUT2D eigenvalue weighted by Crippen LogP contribution is -2.49. The zero-order valence-corrected chi connectivity index (χ0v) is 13.0. The van der Waals surface area contributed by atoms with E-state index in [0.717, 1.165) is 18.4 Å². The Morgan fingerprint density at radius 3 is 2.52 bits per heavy atom. The first kappa shape index (κ1) is 16.0. The van der Waals surface area contributed by atoms with E-state index in [0.29, 0.717) is 12.8 Å². The normalized spacial score (nSPS) is 16.4. The Labute approximate surface area is 126 Å². The first-order chi connectivity index (χ1) is 10.00. The molecule has 1 saturated carbocycles. The molecular formula is C15H22N2O3S. The summed E-state index contributed by atoms with van der Waals surface area (Å²) in [5, 5.41) is 2.87. The molecule has 5 nitrogen and oxygen atoms in total. The largest absolute Gasteiger partial charge is 0.352 e. The molecular weight excluding hydrogens is 288 g/mol. The minimum Gasteiger partial charge on any atom is -0.352 e. The van der Waals surface area contributed by atoms with Gasteiger partial charge in [-0.3, -0.25) is 4.79 Å². The summed E-state index contributed by atoms with van der Waals surface area (Å²) in [4.78, 5) is 12.2. The summed E-state index contributed by atoms with van der Waals surface area (Å²) in [5.41, 5.74) is 0.938. The van der Waals surface area contributed by atoms with E-state index in [1.807, 2.05) is 30.3 Å². The van der Waals surface area contributed by atoms with Gasteiger partial charge in [-0.25, -0.2) is 13.1 Å². The van der Waals surface area contributed by atoms with Crippen LogP contribution < -0.4 is 10.0 Å². The predicted molar refractivity (Wildman–Crippen MR) is 82.3 cm³/mol. The van der Waals surface area contributed by atoms with Crippen molar-refractivity contribution in [2.75, 3.05) is 5.75 Å². The number of nitrogens with one attached hydrogen (secondary N) is 2. The molecule has 0 aliphatic heterocycles. The van der Waals surface area contributed by atoms with E-state index in [4.69, 9.17) is 0 Å². The third kappa shape index (κ3) is 5.47. The molecule has 1 amide bonds. The highest BCUT2D eigenvalue weighted by atomic mass is 32.2. The molecule has 0 radical (unpaired) electrons. The van der Waals surface area contributed by atoms with Crippen LogP contribution in [0.25, 0.3) is 0 Å². The van der Waals surface area contributed by atoms with Crippen LogP contribution in [0.2, 0.25) is 0 Å². The van der Waals surface area contributed by atoms with Gasteiger partial charge >= 0.3 is 0 Å². The van der Waals surface area contributed by atoms with Crippen LogP contribution in [-0.2, 0) is 21.2 Å². The second-order valence-electron chi connectivity index (χ2n) is 5.46. The SMILES string of the molecule is CCCS(=O)(=O)NC(Cc1ccccc1)C(=O)NC1CC1. The van der Waals surface area contributed by atoms with Gasteiger partial charge in [-0.15, -0.1) is 0 Å². The second kappa shape index (κ2) is 7.04. The molecule has 1 aromatic carbocycles. The smallest absolute Gasteiger partial charge is 0.238 e. The Kier molecular flexibility index (Phi) is 5.36. The molecule has 116 valence electrons. The van der Waals surface area contributed by atoms with E-state index in [1.54, 1.807) is 6.92 Å². The molecule has 1 aromatic rings. The van der Waals surface area contributed by atoms with Crippen molar-refractivity contribution in [2.45, 2.75) is 44.7 Å². The van der Waals surface area contributed by atoms with Gasteiger partial charge in [0.1, 0.15) is 6.04 Å². The summed E-state index contributed by atoms with van der Waals surface area (Å²) in [6, 6.07) is 8.91. The highest BCUT2D eigenvalue weighted by Crippen LogP contribution is 2.19. The number of rotatable bonds is 8. The van der Waals surface area contributed by atoms with E-state index in [9.17, 15) is 13.2 Å². The fourth-order valence-electron chi connectivity index (χ4n) is 2.11. The average Bonchev–Trinajstić information content (AvgIpc) is 3.22. The van der Waals surface area contributed by atoms with Gasteiger partial charge in [0.25, 0.3) is 0 Å². The number of benzene rings is 1. The number of carbonyl (C=O) groups is 1. The molecule has 1 fully saturated rings. The molecule has 1 atom stereocenters. The molecule has 6 heteroatoms. The van der Waals surface area contributed by atoms with Crippen LogP contribution in [-0.4, -0.2) is 32.2 Å². The Morgan fingerprint density at radius 1 is 1.29 bits per heavy atom. The fraction of sp³-hybridized carbons (Fsp3) is 0.533. The molecule has 0 saturated heterocycles. The summed E-state index contributed by atoms with van der Waals surface area (Å²) in [5.74, 6) is -0.198. The molecule has 1 unspecified atom stereocenters. The van der Waals surface area contributed by atoms with Gasteiger partial charge in [-0.05, 0) is 31.2 Å². The molecule has 2 rings (SSSR count). The summed E-state index contributed by atoms with van der Waals surface area (Å²) in [7, 11) is -3.42. The zero-order valence-electron chi connectivity index (χ0n) is 12.2. The van der Waals surface area contributed by atoms with Crippen molar-refractivity contribution in [2.24, 2.45) is 0 Å². The fourth-order valence-corrected chi connectivity index (χ4v) is 3.39. The van der Waals surface area contributed by atoms with E-state index in [1.165, 1.54) is 0 Å². The minimum atomic E-state index is -3.42. The quantitative estimate of drug-likeness (QED) is 0.758. The summed E-state index contributed by atoms with van der Waals surface area (Å²) in [6.45, 7) is 1.80. The van der Waals surface area contributed by atoms with Crippen LogP contribution in [0.3, 0.4) is 0 Å². The first-order valence-electron chi connectivity index (χ1n) is 7.34. The maximum atomic E-state index is 12.2.